The van der Waals surface area contributed by atoms with E-state index in [4.69, 9.17) is 27.4 Å². The van der Waals surface area contributed by atoms with Crippen molar-refractivity contribution in [2.75, 3.05) is 19.5 Å². The molecule has 0 spiro atoms. The molecule has 0 aromatic heterocycles. The number of nitrogens with two attached hydrogens (primary N) is 1. The van der Waals surface area contributed by atoms with E-state index in [1.165, 1.54) is 0 Å². The van der Waals surface area contributed by atoms with Gasteiger partial charge in [-0.05, 0) is 31.2 Å². The van der Waals surface area contributed by atoms with Gasteiger partial charge in [0.2, 0.25) is 0 Å². The number of hydrogen-bond acceptors (Lipinski definition) is 4. The maximum atomic E-state index is 5.82. The fraction of sp³-hybridized carbons (Fsp3) is 0.462. The molecule has 2 N–H and O–H groups in total. The molecule has 1 aliphatic heterocycles. The molecule has 0 amide bonds. The number of rotatable bonds is 5. The fourth-order valence-electron chi connectivity index (χ4n) is 2.00. The smallest absolute Gasteiger partial charge is 0.130 e. The minimum Gasteiger partial charge on any atom is -0.490 e. The highest BCUT2D eigenvalue weighted by Gasteiger charge is 2.18. The van der Waals surface area contributed by atoms with E-state index in [0.29, 0.717) is 11.6 Å². The van der Waals surface area contributed by atoms with E-state index in [9.17, 15) is 0 Å². The summed E-state index contributed by atoms with van der Waals surface area (Å²) < 4.78 is 11.4. The summed E-state index contributed by atoms with van der Waals surface area (Å²) in [6, 6.07) is 5.86. The van der Waals surface area contributed by atoms with Gasteiger partial charge in [0.1, 0.15) is 17.3 Å². The van der Waals surface area contributed by atoms with Gasteiger partial charge in [-0.25, -0.2) is 0 Å². The highest BCUT2D eigenvalue weighted by molar-refractivity contribution is 7.98. The molecular weight excluding hydrogens is 266 g/mol. The Kier molecular flexibility index (Phi) is 4.86. The van der Waals surface area contributed by atoms with E-state index in [0.717, 1.165) is 35.7 Å². The van der Waals surface area contributed by atoms with Crippen LogP contribution < -0.4 is 10.5 Å². The number of hydrogen-bond donors (Lipinski definition) is 1. The Hall–Kier alpha value is -0.780. The highest BCUT2D eigenvalue weighted by Crippen LogP contribution is 2.29. The van der Waals surface area contributed by atoms with Crippen LogP contribution in [0.5, 0.6) is 5.75 Å². The first-order chi connectivity index (χ1) is 8.72. The second-order valence-corrected chi connectivity index (χ2v) is 5.43. The molecule has 18 heavy (non-hydrogen) atoms. The summed E-state index contributed by atoms with van der Waals surface area (Å²) >= 11 is 6.72. The van der Waals surface area contributed by atoms with E-state index >= 15 is 0 Å². The monoisotopic (exact) mass is 283 g/mol. The third-order valence-electron chi connectivity index (χ3n) is 2.90. The second-order valence-electron chi connectivity index (χ2n) is 4.14. The second kappa shape index (κ2) is 6.41. The van der Waals surface area contributed by atoms with Crippen LogP contribution in [0, 0.1) is 0 Å². The van der Waals surface area contributed by atoms with Gasteiger partial charge >= 0.3 is 0 Å². The van der Waals surface area contributed by atoms with Gasteiger partial charge in [-0.3, -0.25) is 0 Å². The van der Waals surface area contributed by atoms with Crippen LogP contribution >= 0.6 is 24.0 Å². The van der Waals surface area contributed by atoms with Crippen LogP contribution in [0.4, 0.5) is 0 Å². The molecule has 1 saturated heterocycles. The predicted octanol–water partition coefficient (Wildman–Crippen LogP) is 2.60. The average molecular weight is 283 g/mol. The third kappa shape index (κ3) is 3.16. The van der Waals surface area contributed by atoms with Gasteiger partial charge in [0.05, 0.1) is 11.7 Å². The Morgan fingerprint density at radius 3 is 3.06 bits per heavy atom. The van der Waals surface area contributed by atoms with Crippen molar-refractivity contribution in [3.8, 4) is 5.75 Å². The van der Waals surface area contributed by atoms with Crippen LogP contribution in [0.2, 0.25) is 0 Å². The summed E-state index contributed by atoms with van der Waals surface area (Å²) in [6.07, 6.45) is 4.37. The van der Waals surface area contributed by atoms with Crippen molar-refractivity contribution >= 4 is 29.0 Å². The van der Waals surface area contributed by atoms with E-state index < -0.39 is 0 Å². The number of ether oxygens (including phenoxy) is 2. The predicted molar refractivity (Wildman–Crippen MR) is 78.6 cm³/mol. The summed E-state index contributed by atoms with van der Waals surface area (Å²) in [5, 5.41) is 0. The van der Waals surface area contributed by atoms with E-state index in [1.54, 1.807) is 11.8 Å². The summed E-state index contributed by atoms with van der Waals surface area (Å²) in [5.74, 6) is 0.754. The normalized spacial score (nSPS) is 18.8. The largest absolute Gasteiger partial charge is 0.490 e. The topological polar surface area (TPSA) is 44.5 Å². The van der Waals surface area contributed by atoms with Crippen LogP contribution in [0.25, 0.3) is 0 Å². The maximum Gasteiger partial charge on any atom is 0.130 e. The van der Waals surface area contributed by atoms with Crippen LogP contribution in [0.15, 0.2) is 23.1 Å². The Morgan fingerprint density at radius 2 is 2.44 bits per heavy atom. The molecule has 0 radical (unpaired) electrons. The van der Waals surface area contributed by atoms with Gasteiger partial charge in [0.25, 0.3) is 0 Å². The summed E-state index contributed by atoms with van der Waals surface area (Å²) in [6.45, 7) is 1.40. The Morgan fingerprint density at radius 1 is 1.61 bits per heavy atom. The molecular formula is C13H17NO2S2. The lowest BCUT2D eigenvalue weighted by atomic mass is 10.2. The standard InChI is InChI=1S/C13H17NO2S2/c1-18-11-6-2-5-10(12(11)13(14)17)16-8-9-4-3-7-15-9/h2,5-6,9H,3-4,7-8H2,1H3,(H2,14,17). The first kappa shape index (κ1) is 13.6. The third-order valence-corrected chi connectivity index (χ3v) is 3.89. The highest BCUT2D eigenvalue weighted by atomic mass is 32.2. The van der Waals surface area contributed by atoms with Gasteiger partial charge < -0.3 is 15.2 Å². The zero-order valence-corrected chi connectivity index (χ0v) is 12.0. The number of thiocarbonyl (C=S) groups is 1. The molecule has 1 heterocycles. The molecule has 1 aromatic rings. The van der Waals surface area contributed by atoms with Gasteiger partial charge in [-0.1, -0.05) is 18.3 Å². The summed E-state index contributed by atoms with van der Waals surface area (Å²) in [7, 11) is 0. The van der Waals surface area contributed by atoms with E-state index in [2.05, 4.69) is 0 Å². The van der Waals surface area contributed by atoms with Crippen molar-refractivity contribution < 1.29 is 9.47 Å². The van der Waals surface area contributed by atoms with Crippen LogP contribution in [-0.4, -0.2) is 30.6 Å². The lowest BCUT2D eigenvalue weighted by Crippen LogP contribution is -2.19. The molecule has 5 heteroatoms. The van der Waals surface area contributed by atoms with Crippen molar-refractivity contribution in [3.63, 3.8) is 0 Å². The molecule has 1 atom stereocenters. The number of benzene rings is 1. The zero-order chi connectivity index (χ0) is 13.0. The molecule has 1 aliphatic rings. The van der Waals surface area contributed by atoms with Crippen LogP contribution in [0.1, 0.15) is 18.4 Å². The molecule has 1 unspecified atom stereocenters. The molecule has 1 fully saturated rings. The maximum absolute atomic E-state index is 5.82. The molecule has 2 rings (SSSR count). The number of thioether (sulfide) groups is 1. The van der Waals surface area contributed by atoms with Gasteiger partial charge in [0.15, 0.2) is 0 Å². The van der Waals surface area contributed by atoms with Crippen molar-refractivity contribution in [1.29, 1.82) is 0 Å². The van der Waals surface area contributed by atoms with Gasteiger partial charge in [0, 0.05) is 11.5 Å². The van der Waals surface area contributed by atoms with E-state index in [1.807, 2.05) is 24.5 Å². The van der Waals surface area contributed by atoms with Crippen molar-refractivity contribution in [1.82, 2.24) is 0 Å². The van der Waals surface area contributed by atoms with Gasteiger partial charge in [-0.15, -0.1) is 11.8 Å². The van der Waals surface area contributed by atoms with Gasteiger partial charge in [-0.2, -0.15) is 0 Å². The first-order valence-electron chi connectivity index (χ1n) is 5.93. The lowest BCUT2D eigenvalue weighted by Gasteiger charge is -2.16. The summed E-state index contributed by atoms with van der Waals surface area (Å²) in [5.41, 5.74) is 6.61. The average Bonchev–Trinajstić information content (AvgIpc) is 2.88. The fourth-order valence-corrected chi connectivity index (χ4v) is 2.91. The first-order valence-corrected chi connectivity index (χ1v) is 7.57. The minimum absolute atomic E-state index is 0.196. The molecule has 0 aliphatic carbocycles. The van der Waals surface area contributed by atoms with E-state index in [-0.39, 0.29) is 6.10 Å². The Balaban J connectivity index is 2.13. The lowest BCUT2D eigenvalue weighted by molar-refractivity contribution is 0.0678. The molecule has 3 nitrogen and oxygen atoms in total. The molecule has 0 saturated carbocycles. The van der Waals surface area contributed by atoms with Crippen molar-refractivity contribution in [3.05, 3.63) is 23.8 Å². The molecule has 98 valence electrons. The van der Waals surface area contributed by atoms with Crippen LogP contribution in [-0.2, 0) is 4.74 Å². The van der Waals surface area contributed by atoms with Crippen LogP contribution in [0.3, 0.4) is 0 Å². The van der Waals surface area contributed by atoms with Crippen molar-refractivity contribution in [2.45, 2.75) is 23.8 Å². The molecule has 0 bridgehead atoms. The zero-order valence-electron chi connectivity index (χ0n) is 10.3. The Bertz CT molecular complexity index is 431. The Labute approximate surface area is 117 Å². The molecule has 1 aromatic carbocycles. The van der Waals surface area contributed by atoms with Crippen molar-refractivity contribution in [2.24, 2.45) is 5.73 Å². The minimum atomic E-state index is 0.196. The quantitative estimate of drug-likeness (QED) is 0.665. The summed E-state index contributed by atoms with van der Waals surface area (Å²) in [4.78, 5) is 1.43. The SMILES string of the molecule is CSc1cccc(OCC2CCCO2)c1C(N)=S.